The lowest BCUT2D eigenvalue weighted by Gasteiger charge is -2.08. The second-order valence-corrected chi connectivity index (χ2v) is 12.6. The molecule has 0 spiro atoms. The predicted octanol–water partition coefficient (Wildman–Crippen LogP) is 10.3. The van der Waals surface area contributed by atoms with Crippen LogP contribution < -0.4 is 0 Å². The molecule has 0 aliphatic carbocycles. The molecule has 0 bridgehead atoms. The van der Waals surface area contributed by atoms with Crippen LogP contribution in [0, 0.1) is 0 Å². The molecule has 0 radical (unpaired) electrons. The molecule has 252 valence electrons. The minimum absolute atomic E-state index is 0.213. The third-order valence-electron chi connectivity index (χ3n) is 8.25. The van der Waals surface area contributed by atoms with Gasteiger partial charge in [0.25, 0.3) is 0 Å². The van der Waals surface area contributed by atoms with Gasteiger partial charge in [-0.2, -0.15) is 0 Å². The van der Waals surface area contributed by atoms with Crippen molar-refractivity contribution in [3.8, 4) is 0 Å². The number of aliphatic carboxylic acids is 2. The predicted molar refractivity (Wildman–Crippen MR) is 179 cm³/mol. The zero-order chi connectivity index (χ0) is 31.6. The quantitative estimate of drug-likeness (QED) is 0.0427. The Balaban J connectivity index is 3.32. The van der Waals surface area contributed by atoms with E-state index in [1.54, 1.807) is 0 Å². The van der Waals surface area contributed by atoms with E-state index in [9.17, 15) is 19.8 Å². The zero-order valence-corrected chi connectivity index (χ0v) is 27.6. The van der Waals surface area contributed by atoms with E-state index in [0.717, 1.165) is 116 Å². The second-order valence-electron chi connectivity index (χ2n) is 12.6. The van der Waals surface area contributed by atoms with Gasteiger partial charge in [0.1, 0.15) is 0 Å². The van der Waals surface area contributed by atoms with Gasteiger partial charge in [0.2, 0.25) is 0 Å². The van der Waals surface area contributed by atoms with E-state index in [-0.39, 0.29) is 25.0 Å². The summed E-state index contributed by atoms with van der Waals surface area (Å²) >= 11 is 0. The van der Waals surface area contributed by atoms with Crippen LogP contribution in [0.2, 0.25) is 0 Å². The maximum absolute atomic E-state index is 10.5. The van der Waals surface area contributed by atoms with Gasteiger partial charge in [-0.1, -0.05) is 133 Å². The molecule has 0 saturated heterocycles. The van der Waals surface area contributed by atoms with Gasteiger partial charge in [-0.05, 0) is 64.2 Å². The first kappa shape index (κ1) is 41.3. The molecule has 0 saturated carbocycles. The monoisotopic (exact) mass is 609 g/mol. The summed E-state index contributed by atoms with van der Waals surface area (Å²) < 4.78 is 0. The van der Waals surface area contributed by atoms with Gasteiger partial charge in [-0.3, -0.25) is 9.59 Å². The highest BCUT2D eigenvalue weighted by atomic mass is 16.4. The van der Waals surface area contributed by atoms with E-state index >= 15 is 0 Å². The Labute approximate surface area is 264 Å². The largest absolute Gasteiger partial charge is 0.481 e. The fourth-order valence-electron chi connectivity index (χ4n) is 5.47. The number of rotatable bonds is 34. The molecule has 0 aliphatic rings. The van der Waals surface area contributed by atoms with Crippen LogP contribution in [0.25, 0.3) is 0 Å². The Hall–Kier alpha value is -1.66. The molecular formula is C37H68O6. The SMILES string of the molecule is O=C(O)CCCCCCC/C=C\CC(O)CCCCCCCCCCCCCC(O)C/C=C\CCCCCCCC(=O)O. The highest BCUT2D eigenvalue weighted by Crippen LogP contribution is 2.15. The minimum atomic E-state index is -0.696. The lowest BCUT2D eigenvalue weighted by molar-refractivity contribution is -0.138. The topological polar surface area (TPSA) is 115 Å². The van der Waals surface area contributed by atoms with Crippen LogP contribution in [-0.2, 0) is 9.59 Å². The van der Waals surface area contributed by atoms with E-state index in [4.69, 9.17) is 10.2 Å². The normalized spacial score (nSPS) is 13.3. The van der Waals surface area contributed by atoms with Crippen molar-refractivity contribution in [2.75, 3.05) is 0 Å². The maximum atomic E-state index is 10.5. The number of aliphatic hydroxyl groups excluding tert-OH is 2. The number of unbranched alkanes of at least 4 members (excludes halogenated alkanes) is 20. The number of aliphatic hydroxyl groups is 2. The number of carboxylic acid groups (broad SMARTS) is 2. The molecule has 0 fully saturated rings. The lowest BCUT2D eigenvalue weighted by atomic mass is 10.0. The van der Waals surface area contributed by atoms with Gasteiger partial charge in [-0.25, -0.2) is 0 Å². The first-order valence-electron chi connectivity index (χ1n) is 18.0. The Bertz CT molecular complexity index is 618. The number of carboxylic acids is 2. The highest BCUT2D eigenvalue weighted by molar-refractivity contribution is 5.66. The van der Waals surface area contributed by atoms with Crippen molar-refractivity contribution >= 4 is 11.9 Å². The number of hydrogen-bond acceptors (Lipinski definition) is 4. The zero-order valence-electron chi connectivity index (χ0n) is 27.6. The maximum Gasteiger partial charge on any atom is 0.303 e. The van der Waals surface area contributed by atoms with Gasteiger partial charge >= 0.3 is 11.9 Å². The molecule has 0 aliphatic heterocycles. The first-order chi connectivity index (χ1) is 20.9. The Kier molecular flexibility index (Phi) is 32.0. The Morgan fingerprint density at radius 2 is 0.674 bits per heavy atom. The van der Waals surface area contributed by atoms with Crippen LogP contribution >= 0.6 is 0 Å². The Morgan fingerprint density at radius 1 is 0.395 bits per heavy atom. The van der Waals surface area contributed by atoms with E-state index in [0.29, 0.717) is 0 Å². The Morgan fingerprint density at radius 3 is 1.00 bits per heavy atom. The van der Waals surface area contributed by atoms with Gasteiger partial charge in [-0.15, -0.1) is 0 Å². The van der Waals surface area contributed by atoms with E-state index in [1.165, 1.54) is 57.8 Å². The molecule has 0 aromatic carbocycles. The van der Waals surface area contributed by atoms with Crippen LogP contribution in [0.15, 0.2) is 24.3 Å². The summed E-state index contributed by atoms with van der Waals surface area (Å²) in [5.41, 5.74) is 0. The lowest BCUT2D eigenvalue weighted by Crippen LogP contribution is -2.04. The van der Waals surface area contributed by atoms with Crippen molar-refractivity contribution in [3.05, 3.63) is 24.3 Å². The van der Waals surface area contributed by atoms with Crippen molar-refractivity contribution in [1.82, 2.24) is 0 Å². The molecule has 0 aromatic heterocycles. The summed E-state index contributed by atoms with van der Waals surface area (Å²) in [6, 6.07) is 0. The summed E-state index contributed by atoms with van der Waals surface area (Å²) in [5.74, 6) is -1.39. The molecule has 4 N–H and O–H groups in total. The van der Waals surface area contributed by atoms with Crippen LogP contribution in [-0.4, -0.2) is 44.6 Å². The molecule has 0 amide bonds. The van der Waals surface area contributed by atoms with Gasteiger partial charge in [0, 0.05) is 12.8 Å². The molecule has 0 rings (SSSR count). The molecule has 0 heterocycles. The number of allylic oxidation sites excluding steroid dienone is 2. The van der Waals surface area contributed by atoms with Crippen molar-refractivity contribution in [3.63, 3.8) is 0 Å². The summed E-state index contributed by atoms with van der Waals surface area (Å²) in [7, 11) is 0. The van der Waals surface area contributed by atoms with Crippen molar-refractivity contribution < 1.29 is 30.0 Å². The van der Waals surface area contributed by atoms with E-state index in [1.807, 2.05) is 0 Å². The van der Waals surface area contributed by atoms with Crippen molar-refractivity contribution in [2.45, 2.75) is 198 Å². The standard InChI is InChI=1S/C37H68O6/c38-34(30-24-18-12-6-8-14-20-26-32-36(40)41)28-22-16-10-4-2-1-3-5-11-17-23-29-35(39)31-25-19-13-7-9-15-21-27-33-37(42)43/h18-19,24-25,34-35,38-39H,1-17,20-23,26-33H2,(H,40,41)(H,42,43)/b24-18-,25-19-. The van der Waals surface area contributed by atoms with Crippen molar-refractivity contribution in [2.24, 2.45) is 0 Å². The highest BCUT2D eigenvalue weighted by Gasteiger charge is 2.03. The summed E-state index contributed by atoms with van der Waals surface area (Å²) in [6.45, 7) is 0. The van der Waals surface area contributed by atoms with Crippen molar-refractivity contribution in [1.29, 1.82) is 0 Å². The summed E-state index contributed by atoms with van der Waals surface area (Å²) in [6.07, 6.45) is 38.4. The van der Waals surface area contributed by atoms with E-state index in [2.05, 4.69) is 24.3 Å². The molecule has 43 heavy (non-hydrogen) atoms. The second kappa shape index (κ2) is 33.2. The molecule has 2 unspecified atom stereocenters. The van der Waals surface area contributed by atoms with Crippen LogP contribution in [0.4, 0.5) is 0 Å². The minimum Gasteiger partial charge on any atom is -0.481 e. The number of hydrogen-bond donors (Lipinski definition) is 4. The van der Waals surface area contributed by atoms with Gasteiger partial charge in [0.15, 0.2) is 0 Å². The molecular weight excluding hydrogens is 540 g/mol. The van der Waals surface area contributed by atoms with E-state index < -0.39 is 11.9 Å². The van der Waals surface area contributed by atoms with Gasteiger partial charge in [0.05, 0.1) is 12.2 Å². The summed E-state index contributed by atoms with van der Waals surface area (Å²) in [5, 5.41) is 37.6. The third-order valence-corrected chi connectivity index (χ3v) is 8.25. The molecule has 6 heteroatoms. The molecule has 6 nitrogen and oxygen atoms in total. The first-order valence-corrected chi connectivity index (χ1v) is 18.0. The molecule has 0 aromatic rings. The molecule has 2 atom stereocenters. The van der Waals surface area contributed by atoms with Crippen LogP contribution in [0.5, 0.6) is 0 Å². The van der Waals surface area contributed by atoms with Gasteiger partial charge < -0.3 is 20.4 Å². The van der Waals surface area contributed by atoms with Crippen LogP contribution in [0.1, 0.15) is 186 Å². The fraction of sp³-hybridized carbons (Fsp3) is 0.838. The fourth-order valence-corrected chi connectivity index (χ4v) is 5.47. The number of carbonyl (C=O) groups is 2. The average molecular weight is 609 g/mol. The van der Waals surface area contributed by atoms with Crippen LogP contribution in [0.3, 0.4) is 0 Å². The smallest absolute Gasteiger partial charge is 0.303 e. The summed E-state index contributed by atoms with van der Waals surface area (Å²) in [4.78, 5) is 20.9. The third kappa shape index (κ3) is 36.4. The average Bonchev–Trinajstić information content (AvgIpc) is 2.97.